The number of anilines is 1. The van der Waals surface area contributed by atoms with Crippen LogP contribution in [0.3, 0.4) is 0 Å². The number of hydrogen-bond donors (Lipinski definition) is 3. The lowest BCUT2D eigenvalue weighted by Crippen LogP contribution is -2.30. The van der Waals surface area contributed by atoms with Gasteiger partial charge in [-0.1, -0.05) is 15.9 Å². The Kier molecular flexibility index (Phi) is 11.0. The molecule has 0 radical (unpaired) electrons. The molecule has 0 saturated heterocycles. The van der Waals surface area contributed by atoms with E-state index in [9.17, 15) is 14.7 Å². The van der Waals surface area contributed by atoms with Crippen LogP contribution in [-0.2, 0) is 19.0 Å². The van der Waals surface area contributed by atoms with E-state index in [0.717, 1.165) is 0 Å². The van der Waals surface area contributed by atoms with E-state index in [1.54, 1.807) is 43.3 Å². The molecule has 0 spiro atoms. The highest BCUT2D eigenvalue weighted by Crippen LogP contribution is 2.39. The summed E-state index contributed by atoms with van der Waals surface area (Å²) in [6.07, 6.45) is -2.36. The number of phenols is 1. The Morgan fingerprint density at radius 2 is 1.94 bits per heavy atom. The van der Waals surface area contributed by atoms with Crippen molar-refractivity contribution in [1.29, 1.82) is 5.26 Å². The Labute approximate surface area is 213 Å². The standard InChI is InChI=1S/C22H22Br2N2O6S/c1-2-30-18(7-8-31-19(27)12-33)21(16-9-14(23)10-17(24)20(16)28)32-22(29)26-15-5-3-13(11-25)4-6-15/h3-6,9-10,18,21,28,33H,2,7-8,12H2,1H3,(H,26,29)/t18-,21-/m0/s1. The van der Waals surface area contributed by atoms with Crippen molar-refractivity contribution in [2.24, 2.45) is 0 Å². The Morgan fingerprint density at radius 3 is 2.55 bits per heavy atom. The third-order valence-corrected chi connectivity index (χ3v) is 5.69. The van der Waals surface area contributed by atoms with Gasteiger partial charge in [0.25, 0.3) is 0 Å². The van der Waals surface area contributed by atoms with Gasteiger partial charge in [-0.15, -0.1) is 0 Å². The van der Waals surface area contributed by atoms with Crippen LogP contribution in [-0.4, -0.2) is 42.2 Å². The first-order chi connectivity index (χ1) is 15.8. The average molecular weight is 602 g/mol. The van der Waals surface area contributed by atoms with Crippen LogP contribution >= 0.6 is 44.5 Å². The van der Waals surface area contributed by atoms with Gasteiger partial charge >= 0.3 is 12.1 Å². The number of nitriles is 1. The minimum Gasteiger partial charge on any atom is -0.506 e. The number of esters is 1. The number of hydrogen-bond acceptors (Lipinski definition) is 8. The van der Waals surface area contributed by atoms with Crippen molar-refractivity contribution in [2.45, 2.75) is 25.6 Å². The molecule has 0 unspecified atom stereocenters. The number of nitrogens with zero attached hydrogens (tertiary/aromatic N) is 1. The maximum atomic E-state index is 12.7. The van der Waals surface area contributed by atoms with Gasteiger partial charge in [-0.2, -0.15) is 17.9 Å². The Hall–Kier alpha value is -2.26. The molecule has 0 aliphatic rings. The van der Waals surface area contributed by atoms with E-state index in [-0.39, 0.29) is 31.1 Å². The van der Waals surface area contributed by atoms with Gasteiger partial charge in [0.2, 0.25) is 0 Å². The summed E-state index contributed by atoms with van der Waals surface area (Å²) in [4.78, 5) is 24.2. The van der Waals surface area contributed by atoms with E-state index in [1.165, 1.54) is 0 Å². The number of nitrogens with one attached hydrogen (secondary N) is 1. The van der Waals surface area contributed by atoms with Crippen LogP contribution in [0.4, 0.5) is 10.5 Å². The SMILES string of the molecule is CCO[C@@H](CCOC(=O)CS)[C@@H](OC(=O)Nc1ccc(C#N)cc1)c1cc(Br)cc(Br)c1O. The number of ether oxygens (including phenoxy) is 3. The number of thiol groups is 1. The fourth-order valence-electron chi connectivity index (χ4n) is 2.90. The molecule has 176 valence electrons. The molecule has 0 fully saturated rings. The molecular formula is C22H22Br2N2O6S. The minimum absolute atomic E-state index is 0.0110. The molecule has 0 aromatic heterocycles. The van der Waals surface area contributed by atoms with Crippen molar-refractivity contribution in [3.8, 4) is 11.8 Å². The van der Waals surface area contributed by atoms with Gasteiger partial charge in [-0.05, 0) is 59.3 Å². The zero-order valence-corrected chi connectivity index (χ0v) is 21.7. The number of aromatic hydroxyl groups is 1. The van der Waals surface area contributed by atoms with E-state index in [1.807, 2.05) is 6.07 Å². The van der Waals surface area contributed by atoms with E-state index in [4.69, 9.17) is 19.5 Å². The summed E-state index contributed by atoms with van der Waals surface area (Å²) >= 11 is 10.5. The molecule has 2 atom stereocenters. The highest BCUT2D eigenvalue weighted by Gasteiger charge is 2.31. The predicted octanol–water partition coefficient (Wildman–Crippen LogP) is 5.35. The number of amides is 1. The van der Waals surface area contributed by atoms with E-state index >= 15 is 0 Å². The van der Waals surface area contributed by atoms with Gasteiger partial charge in [0.15, 0.2) is 6.10 Å². The zero-order valence-electron chi connectivity index (χ0n) is 17.6. The minimum atomic E-state index is -1.04. The molecule has 0 aliphatic carbocycles. The molecule has 11 heteroatoms. The number of carbonyl (C=O) groups is 2. The smallest absolute Gasteiger partial charge is 0.412 e. The van der Waals surface area contributed by atoms with Crippen molar-refractivity contribution < 1.29 is 28.9 Å². The Bertz CT molecular complexity index is 1010. The predicted molar refractivity (Wildman–Crippen MR) is 132 cm³/mol. The molecule has 0 aliphatic heterocycles. The first-order valence-electron chi connectivity index (χ1n) is 9.82. The highest BCUT2D eigenvalue weighted by atomic mass is 79.9. The van der Waals surface area contributed by atoms with Crippen LogP contribution in [0.2, 0.25) is 0 Å². The van der Waals surface area contributed by atoms with Crippen LogP contribution in [0.25, 0.3) is 0 Å². The fourth-order valence-corrected chi connectivity index (χ4v) is 4.25. The number of benzene rings is 2. The third-order valence-electron chi connectivity index (χ3n) is 4.37. The molecule has 33 heavy (non-hydrogen) atoms. The van der Waals surface area contributed by atoms with Crippen LogP contribution in [0.1, 0.15) is 30.6 Å². The van der Waals surface area contributed by atoms with Crippen molar-refractivity contribution in [2.75, 3.05) is 24.3 Å². The van der Waals surface area contributed by atoms with Gasteiger partial charge in [0, 0.05) is 28.8 Å². The summed E-state index contributed by atoms with van der Waals surface area (Å²) in [6.45, 7) is 2.08. The molecule has 1 amide bonds. The average Bonchev–Trinajstić information content (AvgIpc) is 2.79. The monoisotopic (exact) mass is 600 g/mol. The number of halogens is 2. The lowest BCUT2D eigenvalue weighted by Gasteiger charge is -2.28. The summed E-state index contributed by atoms with van der Waals surface area (Å²) in [5.74, 6) is -0.671. The van der Waals surface area contributed by atoms with Crippen molar-refractivity contribution in [3.05, 3.63) is 56.5 Å². The van der Waals surface area contributed by atoms with E-state index in [0.29, 0.717) is 25.8 Å². The molecule has 0 saturated carbocycles. The second-order valence-corrected chi connectivity index (χ2v) is 8.71. The van der Waals surface area contributed by atoms with Crippen LogP contribution in [0, 0.1) is 11.3 Å². The van der Waals surface area contributed by atoms with Crippen molar-refractivity contribution >= 4 is 62.2 Å². The third kappa shape index (κ3) is 8.23. The second-order valence-electron chi connectivity index (χ2n) is 6.63. The quantitative estimate of drug-likeness (QED) is 0.248. The normalized spacial score (nSPS) is 12.3. The summed E-state index contributed by atoms with van der Waals surface area (Å²) in [6, 6.07) is 11.5. The molecule has 2 rings (SSSR count). The van der Waals surface area contributed by atoms with E-state index < -0.39 is 24.3 Å². The molecular weight excluding hydrogens is 580 g/mol. The lowest BCUT2D eigenvalue weighted by molar-refractivity contribution is -0.142. The summed E-state index contributed by atoms with van der Waals surface area (Å²) in [7, 11) is 0. The van der Waals surface area contributed by atoms with Gasteiger partial charge in [-0.3, -0.25) is 10.1 Å². The zero-order chi connectivity index (χ0) is 24.4. The van der Waals surface area contributed by atoms with Gasteiger partial charge < -0.3 is 19.3 Å². The molecule has 2 aromatic carbocycles. The second kappa shape index (κ2) is 13.4. The summed E-state index contributed by atoms with van der Waals surface area (Å²) < 4.78 is 17.6. The maximum absolute atomic E-state index is 12.7. The Balaban J connectivity index is 2.31. The largest absolute Gasteiger partial charge is 0.506 e. The van der Waals surface area contributed by atoms with Crippen LogP contribution in [0.5, 0.6) is 5.75 Å². The molecule has 0 heterocycles. The Morgan fingerprint density at radius 1 is 1.24 bits per heavy atom. The number of rotatable bonds is 10. The topological polar surface area (TPSA) is 118 Å². The lowest BCUT2D eigenvalue weighted by atomic mass is 10.0. The highest BCUT2D eigenvalue weighted by molar-refractivity contribution is 9.11. The van der Waals surface area contributed by atoms with Crippen molar-refractivity contribution in [1.82, 2.24) is 0 Å². The van der Waals surface area contributed by atoms with E-state index in [2.05, 4.69) is 49.8 Å². The van der Waals surface area contributed by atoms with Crippen LogP contribution < -0.4 is 5.32 Å². The first-order valence-corrected chi connectivity index (χ1v) is 12.0. The summed E-state index contributed by atoms with van der Waals surface area (Å²) in [5.41, 5.74) is 1.17. The molecule has 2 aromatic rings. The number of phenolic OH excluding ortho intramolecular Hbond substituents is 1. The molecule has 2 N–H and O–H groups in total. The summed E-state index contributed by atoms with van der Waals surface area (Å²) in [5, 5.41) is 22.2. The van der Waals surface area contributed by atoms with Crippen molar-refractivity contribution in [3.63, 3.8) is 0 Å². The molecule has 0 bridgehead atoms. The molecule has 8 nitrogen and oxygen atoms in total. The fraction of sp³-hybridized carbons (Fsp3) is 0.318. The van der Waals surface area contributed by atoms with Gasteiger partial charge in [-0.25, -0.2) is 4.79 Å². The number of carbonyl (C=O) groups excluding carboxylic acids is 2. The van der Waals surface area contributed by atoms with Crippen LogP contribution in [0.15, 0.2) is 45.3 Å². The van der Waals surface area contributed by atoms with Gasteiger partial charge in [0.1, 0.15) is 11.9 Å². The van der Waals surface area contributed by atoms with Gasteiger partial charge in [0.05, 0.1) is 28.5 Å². The first kappa shape index (κ1) is 27.0. The maximum Gasteiger partial charge on any atom is 0.412 e.